The molecule has 0 saturated carbocycles. The largest absolute Gasteiger partial charge is 0.433 e. The molecular weight excluding hydrogens is 237 g/mol. The fraction of sp³-hybridized carbons (Fsp3) is 0.400. The summed E-state index contributed by atoms with van der Waals surface area (Å²) < 4.78 is 36.5. The summed E-state index contributed by atoms with van der Waals surface area (Å²) in [4.78, 5) is 14.5. The Morgan fingerprint density at radius 2 is 2.18 bits per heavy atom. The molecule has 1 aromatic rings. The number of nitrogens with zero attached hydrogens (tertiary/aromatic N) is 1. The van der Waals surface area contributed by atoms with Gasteiger partial charge < -0.3 is 10.4 Å². The van der Waals surface area contributed by atoms with E-state index in [9.17, 15) is 18.0 Å². The first-order valence-electron chi connectivity index (χ1n) is 4.80. The maximum absolute atomic E-state index is 12.2. The Balaban J connectivity index is 2.71. The summed E-state index contributed by atoms with van der Waals surface area (Å²) in [6.07, 6.45) is -4.39. The van der Waals surface area contributed by atoms with Gasteiger partial charge >= 0.3 is 6.18 Å². The van der Waals surface area contributed by atoms with Crippen molar-refractivity contribution < 1.29 is 23.1 Å². The Hall–Kier alpha value is -1.63. The van der Waals surface area contributed by atoms with E-state index in [4.69, 9.17) is 5.11 Å². The molecule has 2 N–H and O–H groups in total. The average molecular weight is 248 g/mol. The molecule has 0 aromatic carbocycles. The highest BCUT2D eigenvalue weighted by atomic mass is 19.4. The second kappa shape index (κ2) is 5.13. The summed E-state index contributed by atoms with van der Waals surface area (Å²) >= 11 is 0. The third-order valence-electron chi connectivity index (χ3n) is 1.87. The van der Waals surface area contributed by atoms with Crippen molar-refractivity contribution in [2.24, 2.45) is 0 Å². The first kappa shape index (κ1) is 13.4. The molecule has 94 valence electrons. The topological polar surface area (TPSA) is 62.2 Å². The van der Waals surface area contributed by atoms with E-state index < -0.39 is 23.9 Å². The molecule has 17 heavy (non-hydrogen) atoms. The minimum Gasteiger partial charge on any atom is -0.392 e. The number of rotatable bonds is 3. The van der Waals surface area contributed by atoms with Crippen LogP contribution in [-0.4, -0.2) is 28.6 Å². The van der Waals surface area contributed by atoms with Gasteiger partial charge in [-0.1, -0.05) is 0 Å². The van der Waals surface area contributed by atoms with Crippen LogP contribution < -0.4 is 5.32 Å². The molecule has 1 aromatic heterocycles. The standard InChI is InChI=1S/C10H11F3N2O2/c1-6(16)4-15-9(17)7-2-3-8(14-5-7)10(11,12)13/h2-3,5-6,16H,4H2,1H3,(H,15,17)/t6-/m1/s1. The van der Waals surface area contributed by atoms with Gasteiger partial charge in [0.1, 0.15) is 5.69 Å². The highest BCUT2D eigenvalue weighted by Crippen LogP contribution is 2.27. The van der Waals surface area contributed by atoms with E-state index in [0.29, 0.717) is 0 Å². The lowest BCUT2D eigenvalue weighted by Gasteiger charge is -2.08. The van der Waals surface area contributed by atoms with Gasteiger partial charge in [0, 0.05) is 12.7 Å². The lowest BCUT2D eigenvalue weighted by Crippen LogP contribution is -2.30. The molecular formula is C10H11F3N2O2. The van der Waals surface area contributed by atoms with Gasteiger partial charge in [0.05, 0.1) is 11.7 Å². The molecule has 0 aliphatic rings. The van der Waals surface area contributed by atoms with Gasteiger partial charge in [0.25, 0.3) is 5.91 Å². The number of pyridine rings is 1. The molecule has 0 fully saturated rings. The Kier molecular flexibility index (Phi) is 4.06. The van der Waals surface area contributed by atoms with Crippen LogP contribution in [0.4, 0.5) is 13.2 Å². The van der Waals surface area contributed by atoms with E-state index in [1.165, 1.54) is 6.92 Å². The van der Waals surface area contributed by atoms with Crippen molar-refractivity contribution in [3.63, 3.8) is 0 Å². The van der Waals surface area contributed by atoms with Crippen molar-refractivity contribution in [1.82, 2.24) is 10.3 Å². The molecule has 0 aliphatic carbocycles. The van der Waals surface area contributed by atoms with Crippen LogP contribution in [0.2, 0.25) is 0 Å². The van der Waals surface area contributed by atoms with Crippen LogP contribution in [0.15, 0.2) is 18.3 Å². The predicted octanol–water partition coefficient (Wildman–Crippen LogP) is 1.21. The number of carbonyl (C=O) groups excluding carboxylic acids is 1. The molecule has 0 bridgehead atoms. The number of aliphatic hydroxyl groups is 1. The summed E-state index contributed by atoms with van der Waals surface area (Å²) in [5, 5.41) is 11.3. The average Bonchev–Trinajstić information content (AvgIpc) is 2.25. The van der Waals surface area contributed by atoms with Crippen molar-refractivity contribution in [2.45, 2.75) is 19.2 Å². The zero-order valence-corrected chi connectivity index (χ0v) is 8.95. The number of amides is 1. The predicted molar refractivity (Wildman–Crippen MR) is 53.3 cm³/mol. The molecule has 0 unspecified atom stereocenters. The smallest absolute Gasteiger partial charge is 0.392 e. The summed E-state index contributed by atoms with van der Waals surface area (Å²) in [7, 11) is 0. The van der Waals surface area contributed by atoms with Crippen LogP contribution in [0, 0.1) is 0 Å². The van der Waals surface area contributed by atoms with Gasteiger partial charge in [-0.2, -0.15) is 13.2 Å². The fourth-order valence-electron chi connectivity index (χ4n) is 1.04. The van der Waals surface area contributed by atoms with Crippen molar-refractivity contribution >= 4 is 5.91 Å². The molecule has 1 atom stereocenters. The fourth-order valence-corrected chi connectivity index (χ4v) is 1.04. The minimum atomic E-state index is -4.52. The van der Waals surface area contributed by atoms with Gasteiger partial charge in [-0.05, 0) is 19.1 Å². The van der Waals surface area contributed by atoms with Crippen LogP contribution >= 0.6 is 0 Å². The third kappa shape index (κ3) is 4.03. The van der Waals surface area contributed by atoms with Gasteiger partial charge in [-0.15, -0.1) is 0 Å². The molecule has 1 rings (SSSR count). The first-order valence-corrected chi connectivity index (χ1v) is 4.80. The van der Waals surface area contributed by atoms with Crippen LogP contribution in [0.25, 0.3) is 0 Å². The summed E-state index contributed by atoms with van der Waals surface area (Å²) in [5.41, 5.74) is -1.04. The number of hydrogen-bond donors (Lipinski definition) is 2. The van der Waals surface area contributed by atoms with Crippen LogP contribution in [0.3, 0.4) is 0 Å². The Morgan fingerprint density at radius 1 is 1.53 bits per heavy atom. The number of aromatic nitrogens is 1. The maximum Gasteiger partial charge on any atom is 0.433 e. The van der Waals surface area contributed by atoms with Crippen molar-refractivity contribution in [3.8, 4) is 0 Å². The normalized spacial score (nSPS) is 13.2. The van der Waals surface area contributed by atoms with E-state index in [-0.39, 0.29) is 12.1 Å². The number of hydrogen-bond acceptors (Lipinski definition) is 3. The summed E-state index contributed by atoms with van der Waals surface area (Å²) in [6, 6.07) is 1.77. The molecule has 0 spiro atoms. The van der Waals surface area contributed by atoms with Crippen molar-refractivity contribution in [1.29, 1.82) is 0 Å². The lowest BCUT2D eigenvalue weighted by atomic mass is 10.2. The second-order valence-electron chi connectivity index (χ2n) is 3.49. The van der Waals surface area contributed by atoms with Crippen molar-refractivity contribution in [3.05, 3.63) is 29.6 Å². The molecule has 1 amide bonds. The quantitative estimate of drug-likeness (QED) is 0.845. The van der Waals surface area contributed by atoms with Crippen LogP contribution in [-0.2, 0) is 6.18 Å². The molecule has 7 heteroatoms. The summed E-state index contributed by atoms with van der Waals surface area (Å²) in [6.45, 7) is 1.51. The number of alkyl halides is 3. The van der Waals surface area contributed by atoms with Gasteiger partial charge in [0.15, 0.2) is 0 Å². The molecule has 1 heterocycles. The minimum absolute atomic E-state index is 0.0126. The molecule has 0 radical (unpaired) electrons. The van der Waals surface area contributed by atoms with Crippen LogP contribution in [0.5, 0.6) is 0 Å². The number of carbonyl (C=O) groups is 1. The van der Waals surface area contributed by atoms with Gasteiger partial charge in [0.2, 0.25) is 0 Å². The number of halogens is 3. The van der Waals surface area contributed by atoms with E-state index in [1.807, 2.05) is 0 Å². The Bertz CT molecular complexity index is 388. The zero-order chi connectivity index (χ0) is 13.1. The number of nitrogens with one attached hydrogen (secondary N) is 1. The molecule has 0 saturated heterocycles. The Morgan fingerprint density at radius 3 is 2.59 bits per heavy atom. The van der Waals surface area contributed by atoms with Crippen molar-refractivity contribution in [2.75, 3.05) is 6.54 Å². The number of aliphatic hydroxyl groups excluding tert-OH is 1. The van der Waals surface area contributed by atoms with E-state index in [0.717, 1.165) is 18.3 Å². The molecule has 4 nitrogen and oxygen atoms in total. The van der Waals surface area contributed by atoms with E-state index >= 15 is 0 Å². The van der Waals surface area contributed by atoms with E-state index in [1.54, 1.807) is 0 Å². The first-order chi connectivity index (χ1) is 7.80. The lowest BCUT2D eigenvalue weighted by molar-refractivity contribution is -0.141. The van der Waals surface area contributed by atoms with E-state index in [2.05, 4.69) is 10.3 Å². The zero-order valence-electron chi connectivity index (χ0n) is 8.95. The second-order valence-corrected chi connectivity index (χ2v) is 3.49. The highest BCUT2D eigenvalue weighted by Gasteiger charge is 2.32. The highest BCUT2D eigenvalue weighted by molar-refractivity contribution is 5.93. The third-order valence-corrected chi connectivity index (χ3v) is 1.87. The maximum atomic E-state index is 12.2. The summed E-state index contributed by atoms with van der Waals surface area (Å²) in [5.74, 6) is -0.577. The van der Waals surface area contributed by atoms with Gasteiger partial charge in [-0.3, -0.25) is 9.78 Å². The SMILES string of the molecule is C[C@@H](O)CNC(=O)c1ccc(C(F)(F)F)nc1. The van der Waals surface area contributed by atoms with Crippen LogP contribution in [0.1, 0.15) is 23.0 Å². The molecule has 0 aliphatic heterocycles. The monoisotopic (exact) mass is 248 g/mol. The Labute approximate surface area is 95.5 Å². The van der Waals surface area contributed by atoms with Gasteiger partial charge in [-0.25, -0.2) is 0 Å².